The van der Waals surface area contributed by atoms with Crippen LogP contribution < -0.4 is 20.0 Å². The van der Waals surface area contributed by atoms with Crippen LogP contribution in [0.3, 0.4) is 0 Å². The molecule has 0 saturated carbocycles. The minimum atomic E-state index is -0.618. The number of nitrogens with one attached hydrogen (secondary N) is 1. The van der Waals surface area contributed by atoms with Gasteiger partial charge in [0.25, 0.3) is 0 Å². The fourth-order valence-corrected chi connectivity index (χ4v) is 4.97. The van der Waals surface area contributed by atoms with Crippen LogP contribution in [0.15, 0.2) is 47.1 Å². The fourth-order valence-electron chi connectivity index (χ4n) is 4.42. The molecule has 1 saturated heterocycles. The molecule has 3 atom stereocenters. The summed E-state index contributed by atoms with van der Waals surface area (Å²) in [5, 5.41) is 1.73. The van der Waals surface area contributed by atoms with Crippen LogP contribution in [0.25, 0.3) is 5.76 Å². The second kappa shape index (κ2) is 13.5. The number of halogens is 1. The van der Waals surface area contributed by atoms with Gasteiger partial charge in [0, 0.05) is 38.1 Å². The van der Waals surface area contributed by atoms with Crippen molar-refractivity contribution in [2.24, 2.45) is 0 Å². The first-order valence-corrected chi connectivity index (χ1v) is 13.3. The molecular formula is C27H36BrN3O7. The summed E-state index contributed by atoms with van der Waals surface area (Å²) in [6, 6.07) is 12.1. The molecule has 0 aliphatic carbocycles. The molecule has 0 radical (unpaired) electrons. The highest BCUT2D eigenvalue weighted by Gasteiger charge is 2.34. The van der Waals surface area contributed by atoms with Crippen molar-refractivity contribution in [2.75, 3.05) is 59.1 Å². The summed E-state index contributed by atoms with van der Waals surface area (Å²) in [6.45, 7) is 7.52. The number of hydrogen-bond donors (Lipinski definition) is 1. The maximum absolute atomic E-state index is 6.33. The zero-order valence-electron chi connectivity index (χ0n) is 22.4. The van der Waals surface area contributed by atoms with Crippen molar-refractivity contribution in [3.8, 4) is 11.5 Å². The Morgan fingerprint density at radius 3 is 2.26 bits per heavy atom. The van der Waals surface area contributed by atoms with Crippen LogP contribution in [-0.2, 0) is 23.8 Å². The van der Waals surface area contributed by atoms with E-state index in [1.54, 1.807) is 26.3 Å². The maximum Gasteiger partial charge on any atom is 0.180 e. The van der Waals surface area contributed by atoms with E-state index in [4.69, 9.17) is 33.3 Å². The summed E-state index contributed by atoms with van der Waals surface area (Å²) in [5.74, 6) is 1.80. The van der Waals surface area contributed by atoms with Gasteiger partial charge in [-0.15, -0.1) is 0 Å². The molecule has 2 aromatic carbocycles. The summed E-state index contributed by atoms with van der Waals surface area (Å²) in [6.07, 6.45) is 0.256. The van der Waals surface area contributed by atoms with Crippen LogP contribution in [0.4, 0.5) is 5.69 Å². The van der Waals surface area contributed by atoms with Gasteiger partial charge in [-0.05, 0) is 59.6 Å². The predicted octanol–water partition coefficient (Wildman–Crippen LogP) is 4.47. The Balaban J connectivity index is 1.61. The molecule has 0 bridgehead atoms. The number of nitrogens with zero attached hydrogens (tertiary/aromatic N) is 2. The molecule has 11 heteroatoms. The summed E-state index contributed by atoms with van der Waals surface area (Å²) in [7, 11) is 4.86. The topological polar surface area (TPSA) is 83.1 Å². The van der Waals surface area contributed by atoms with Crippen molar-refractivity contribution in [1.29, 1.82) is 0 Å². The molecular weight excluding hydrogens is 558 g/mol. The highest BCUT2D eigenvalue weighted by Crippen LogP contribution is 2.39. The minimum absolute atomic E-state index is 0.461. The number of rotatable bonds is 12. The Labute approximate surface area is 232 Å². The molecule has 2 aromatic rings. The Bertz CT molecular complexity index is 1050. The molecule has 2 aliphatic heterocycles. The average molecular weight is 595 g/mol. The summed E-state index contributed by atoms with van der Waals surface area (Å²) < 4.78 is 35.2. The molecule has 2 aliphatic rings. The van der Waals surface area contributed by atoms with E-state index in [9.17, 15) is 0 Å². The van der Waals surface area contributed by atoms with Crippen LogP contribution in [-0.4, -0.2) is 71.8 Å². The van der Waals surface area contributed by atoms with E-state index in [2.05, 4.69) is 50.7 Å². The molecule has 208 valence electrons. The first-order valence-electron chi connectivity index (χ1n) is 12.6. The van der Waals surface area contributed by atoms with Crippen LogP contribution in [0, 0.1) is 0 Å². The second-order valence-electron chi connectivity index (χ2n) is 8.69. The van der Waals surface area contributed by atoms with Gasteiger partial charge in [0.2, 0.25) is 0 Å². The first-order chi connectivity index (χ1) is 18.5. The van der Waals surface area contributed by atoms with Crippen LogP contribution in [0.5, 0.6) is 11.5 Å². The Morgan fingerprint density at radius 1 is 1.03 bits per heavy atom. The van der Waals surface area contributed by atoms with Gasteiger partial charge in [-0.1, -0.05) is 17.7 Å². The number of ether oxygens (including phenoxy) is 6. The molecule has 1 N–H and O–H groups in total. The van der Waals surface area contributed by atoms with Crippen molar-refractivity contribution in [3.63, 3.8) is 0 Å². The third-order valence-electron chi connectivity index (χ3n) is 6.36. The van der Waals surface area contributed by atoms with Crippen molar-refractivity contribution >= 4 is 27.4 Å². The third-order valence-corrected chi connectivity index (χ3v) is 7.15. The van der Waals surface area contributed by atoms with Gasteiger partial charge in [0.05, 0.1) is 33.6 Å². The average Bonchev–Trinajstić information content (AvgIpc) is 3.44. The van der Waals surface area contributed by atoms with Crippen molar-refractivity contribution in [3.05, 3.63) is 58.2 Å². The molecule has 0 amide bonds. The summed E-state index contributed by atoms with van der Waals surface area (Å²) in [5.41, 5.74) is 5.82. The van der Waals surface area contributed by atoms with E-state index >= 15 is 0 Å². The Kier molecular flexibility index (Phi) is 10.1. The van der Waals surface area contributed by atoms with Crippen molar-refractivity contribution in [2.45, 2.75) is 32.5 Å². The molecule has 4 rings (SSSR count). The van der Waals surface area contributed by atoms with Gasteiger partial charge >= 0.3 is 0 Å². The van der Waals surface area contributed by atoms with Crippen LogP contribution in [0.1, 0.15) is 31.1 Å². The SMILES string of the molecule is CCOC(C)OC(C(OC)c1ccc(N2CCOCC2)cc1)N1C=C(c2cc(OC)c(Br)c(OC)c2)ON1. The lowest BCUT2D eigenvalue weighted by molar-refractivity contribution is -0.239. The van der Waals surface area contributed by atoms with Crippen LogP contribution in [0.2, 0.25) is 0 Å². The van der Waals surface area contributed by atoms with Gasteiger partial charge in [0.1, 0.15) is 22.1 Å². The molecule has 2 heterocycles. The van der Waals surface area contributed by atoms with Crippen molar-refractivity contribution < 1.29 is 33.3 Å². The summed E-state index contributed by atoms with van der Waals surface area (Å²) >= 11 is 3.51. The lowest BCUT2D eigenvalue weighted by Gasteiger charge is -2.34. The van der Waals surface area contributed by atoms with Crippen molar-refractivity contribution in [1.82, 2.24) is 10.6 Å². The van der Waals surface area contributed by atoms with Gasteiger partial charge < -0.3 is 38.2 Å². The zero-order chi connectivity index (χ0) is 27.1. The second-order valence-corrected chi connectivity index (χ2v) is 9.48. The van der Waals surface area contributed by atoms with Crippen LogP contribution >= 0.6 is 15.9 Å². The van der Waals surface area contributed by atoms with E-state index in [0.717, 1.165) is 47.6 Å². The normalized spacial score (nSPS) is 18.0. The number of methoxy groups -OCH3 is 3. The third kappa shape index (κ3) is 6.53. The number of hydrogen-bond acceptors (Lipinski definition) is 10. The Hall–Kier alpha value is -2.54. The largest absolute Gasteiger partial charge is 0.495 e. The lowest BCUT2D eigenvalue weighted by Crippen LogP contribution is -2.46. The molecule has 0 spiro atoms. The van der Waals surface area contributed by atoms with Gasteiger partial charge in [-0.2, -0.15) is 0 Å². The molecule has 38 heavy (non-hydrogen) atoms. The van der Waals surface area contributed by atoms with Gasteiger partial charge in [-0.25, -0.2) is 5.01 Å². The van der Waals surface area contributed by atoms with E-state index in [-0.39, 0.29) is 0 Å². The zero-order valence-corrected chi connectivity index (χ0v) is 24.0. The number of morpholine rings is 1. The van der Waals surface area contributed by atoms with E-state index in [1.165, 1.54) is 0 Å². The van der Waals surface area contributed by atoms with Gasteiger partial charge in [-0.3, -0.25) is 0 Å². The smallest absolute Gasteiger partial charge is 0.180 e. The first kappa shape index (κ1) is 28.5. The molecule has 1 fully saturated rings. The predicted molar refractivity (Wildman–Crippen MR) is 146 cm³/mol. The lowest BCUT2D eigenvalue weighted by atomic mass is 10.1. The highest BCUT2D eigenvalue weighted by molar-refractivity contribution is 9.10. The van der Waals surface area contributed by atoms with E-state index < -0.39 is 18.6 Å². The Morgan fingerprint density at radius 2 is 1.68 bits per heavy atom. The standard InChI is InChI=1S/C27H36BrN3O7/c1-6-36-18(2)37-27(26(34-5)19-7-9-21(10-8-19)30-11-13-35-14-12-30)31-17-24(38-29-31)20-15-22(32-3)25(28)23(16-20)33-4/h7-10,15-18,26-27,29H,6,11-14H2,1-5H3. The van der Waals surface area contributed by atoms with E-state index in [0.29, 0.717) is 23.9 Å². The molecule has 3 unspecified atom stereocenters. The molecule has 10 nitrogen and oxygen atoms in total. The minimum Gasteiger partial charge on any atom is -0.495 e. The number of benzene rings is 2. The van der Waals surface area contributed by atoms with E-state index in [1.807, 2.05) is 32.2 Å². The fraction of sp³-hybridized carbons (Fsp3) is 0.481. The summed E-state index contributed by atoms with van der Waals surface area (Å²) in [4.78, 5) is 8.17. The number of anilines is 1. The number of hydrazine groups is 1. The molecule has 0 aromatic heterocycles. The highest BCUT2D eigenvalue weighted by atomic mass is 79.9. The van der Waals surface area contributed by atoms with Gasteiger partial charge in [0.15, 0.2) is 18.3 Å². The quantitative estimate of drug-likeness (QED) is 0.356. The monoisotopic (exact) mass is 593 g/mol. The maximum atomic E-state index is 6.33.